The predicted molar refractivity (Wildman–Crippen MR) is 82.7 cm³/mol. The van der Waals surface area contributed by atoms with Crippen LogP contribution < -0.4 is 5.73 Å². The van der Waals surface area contributed by atoms with Crippen LogP contribution >= 0.6 is 0 Å². The molecule has 1 amide bonds. The summed E-state index contributed by atoms with van der Waals surface area (Å²) in [5.41, 5.74) is 7.88. The summed E-state index contributed by atoms with van der Waals surface area (Å²) in [6.07, 6.45) is 4.69. The smallest absolute Gasteiger partial charge is 0.254 e. The fraction of sp³-hybridized carbons (Fsp3) is 0.588. The maximum atomic E-state index is 12.7. The van der Waals surface area contributed by atoms with E-state index in [1.807, 2.05) is 36.1 Å². The molecule has 0 aliphatic heterocycles. The van der Waals surface area contributed by atoms with Gasteiger partial charge in [-0.3, -0.25) is 4.79 Å². The van der Waals surface area contributed by atoms with Gasteiger partial charge in [-0.2, -0.15) is 0 Å². The van der Waals surface area contributed by atoms with E-state index in [2.05, 4.69) is 6.92 Å². The molecule has 2 atom stereocenters. The van der Waals surface area contributed by atoms with Crippen LogP contribution in [0.2, 0.25) is 0 Å². The lowest BCUT2D eigenvalue weighted by atomic mass is 9.83. The molecule has 0 saturated heterocycles. The third kappa shape index (κ3) is 3.21. The zero-order chi connectivity index (χ0) is 14.5. The number of hydrogen-bond acceptors (Lipinski definition) is 2. The van der Waals surface area contributed by atoms with Crippen LogP contribution in [0.5, 0.6) is 0 Å². The molecule has 1 aromatic carbocycles. The Kier molecular flexibility index (Phi) is 5.18. The molecule has 0 heterocycles. The minimum atomic E-state index is 0.151. The molecule has 20 heavy (non-hydrogen) atoms. The summed E-state index contributed by atoms with van der Waals surface area (Å²) in [5, 5.41) is 0. The highest BCUT2D eigenvalue weighted by atomic mass is 16.2. The molecule has 2 rings (SSSR count). The standard InChI is InChI=1S/C17H26N2O/c1-3-19(16-7-5-4-6-15(16)12-18)17(20)14-10-8-13(2)9-11-14/h8-11,15-16H,3-7,12,18H2,1-2H3. The molecule has 0 bridgehead atoms. The van der Waals surface area contributed by atoms with Crippen LogP contribution in [0, 0.1) is 12.8 Å². The van der Waals surface area contributed by atoms with E-state index in [0.717, 1.165) is 24.9 Å². The Balaban J connectivity index is 2.17. The van der Waals surface area contributed by atoms with E-state index in [9.17, 15) is 4.79 Å². The Bertz CT molecular complexity index is 441. The summed E-state index contributed by atoms with van der Waals surface area (Å²) >= 11 is 0. The Morgan fingerprint density at radius 2 is 1.90 bits per heavy atom. The van der Waals surface area contributed by atoms with Gasteiger partial charge in [-0.25, -0.2) is 0 Å². The van der Waals surface area contributed by atoms with E-state index in [4.69, 9.17) is 5.73 Å². The highest BCUT2D eigenvalue weighted by Crippen LogP contribution is 2.28. The van der Waals surface area contributed by atoms with Crippen LogP contribution in [-0.4, -0.2) is 29.9 Å². The van der Waals surface area contributed by atoms with Gasteiger partial charge >= 0.3 is 0 Å². The molecule has 1 fully saturated rings. The van der Waals surface area contributed by atoms with Crippen LogP contribution in [-0.2, 0) is 0 Å². The topological polar surface area (TPSA) is 46.3 Å². The number of hydrogen-bond donors (Lipinski definition) is 1. The summed E-state index contributed by atoms with van der Waals surface area (Å²) in [5.74, 6) is 0.607. The molecule has 1 aliphatic rings. The largest absolute Gasteiger partial charge is 0.336 e. The van der Waals surface area contributed by atoms with E-state index < -0.39 is 0 Å². The molecule has 1 aliphatic carbocycles. The molecule has 1 saturated carbocycles. The van der Waals surface area contributed by atoms with E-state index >= 15 is 0 Å². The van der Waals surface area contributed by atoms with Crippen molar-refractivity contribution in [2.45, 2.75) is 45.6 Å². The fourth-order valence-corrected chi connectivity index (χ4v) is 3.26. The Morgan fingerprint density at radius 3 is 2.50 bits per heavy atom. The van der Waals surface area contributed by atoms with E-state index in [0.29, 0.717) is 18.5 Å². The van der Waals surface area contributed by atoms with Crippen LogP contribution in [0.3, 0.4) is 0 Å². The lowest BCUT2D eigenvalue weighted by Gasteiger charge is -2.39. The number of benzene rings is 1. The molecule has 1 aromatic rings. The van der Waals surface area contributed by atoms with Gasteiger partial charge in [0.2, 0.25) is 0 Å². The van der Waals surface area contributed by atoms with Gasteiger partial charge in [0.1, 0.15) is 0 Å². The quantitative estimate of drug-likeness (QED) is 0.917. The van der Waals surface area contributed by atoms with Crippen molar-refractivity contribution in [3.8, 4) is 0 Å². The third-order valence-electron chi connectivity index (χ3n) is 4.47. The normalized spacial score (nSPS) is 22.6. The number of amides is 1. The minimum Gasteiger partial charge on any atom is -0.336 e. The summed E-state index contributed by atoms with van der Waals surface area (Å²) in [6.45, 7) is 5.54. The van der Waals surface area contributed by atoms with Crippen molar-refractivity contribution in [2.75, 3.05) is 13.1 Å². The van der Waals surface area contributed by atoms with Crippen LogP contribution in [0.1, 0.15) is 48.5 Å². The molecule has 0 aromatic heterocycles. The van der Waals surface area contributed by atoms with Crippen LogP contribution in [0.15, 0.2) is 24.3 Å². The second-order valence-electron chi connectivity index (χ2n) is 5.80. The number of nitrogens with zero attached hydrogens (tertiary/aromatic N) is 1. The van der Waals surface area contributed by atoms with Crippen LogP contribution in [0.4, 0.5) is 0 Å². The summed E-state index contributed by atoms with van der Waals surface area (Å²) < 4.78 is 0. The average Bonchev–Trinajstić information content (AvgIpc) is 2.49. The van der Waals surface area contributed by atoms with Gasteiger partial charge in [-0.05, 0) is 51.3 Å². The fourth-order valence-electron chi connectivity index (χ4n) is 3.26. The SMILES string of the molecule is CCN(C(=O)c1ccc(C)cc1)C1CCCCC1CN. The monoisotopic (exact) mass is 274 g/mol. The van der Waals surface area contributed by atoms with Crippen LogP contribution in [0.25, 0.3) is 0 Å². The van der Waals surface area contributed by atoms with Crippen molar-refractivity contribution < 1.29 is 4.79 Å². The first-order valence-electron chi connectivity index (χ1n) is 7.75. The lowest BCUT2D eigenvalue weighted by molar-refractivity contribution is 0.0560. The molecule has 3 nitrogen and oxygen atoms in total. The number of aryl methyl sites for hydroxylation is 1. The first-order chi connectivity index (χ1) is 9.67. The second-order valence-corrected chi connectivity index (χ2v) is 5.80. The predicted octanol–water partition coefficient (Wildman–Crippen LogP) is 2.97. The summed E-state index contributed by atoms with van der Waals surface area (Å²) in [6, 6.07) is 8.18. The average molecular weight is 274 g/mol. The first kappa shape index (κ1) is 15.0. The summed E-state index contributed by atoms with van der Waals surface area (Å²) in [4.78, 5) is 14.8. The van der Waals surface area contributed by atoms with Gasteiger partial charge in [-0.1, -0.05) is 30.5 Å². The molecular formula is C17H26N2O. The second kappa shape index (κ2) is 6.89. The van der Waals surface area contributed by atoms with Crippen molar-refractivity contribution >= 4 is 5.91 Å². The zero-order valence-electron chi connectivity index (χ0n) is 12.6. The zero-order valence-corrected chi connectivity index (χ0v) is 12.6. The van der Waals surface area contributed by atoms with E-state index in [-0.39, 0.29) is 5.91 Å². The van der Waals surface area contributed by atoms with E-state index in [1.165, 1.54) is 18.4 Å². The maximum absolute atomic E-state index is 12.7. The number of rotatable bonds is 4. The van der Waals surface area contributed by atoms with Crippen molar-refractivity contribution in [3.05, 3.63) is 35.4 Å². The van der Waals surface area contributed by atoms with Crippen molar-refractivity contribution in [1.29, 1.82) is 0 Å². The van der Waals surface area contributed by atoms with Crippen molar-refractivity contribution in [2.24, 2.45) is 11.7 Å². The van der Waals surface area contributed by atoms with Gasteiger partial charge in [0, 0.05) is 18.2 Å². The maximum Gasteiger partial charge on any atom is 0.254 e. The molecule has 2 unspecified atom stereocenters. The van der Waals surface area contributed by atoms with Gasteiger partial charge in [0.05, 0.1) is 0 Å². The Morgan fingerprint density at radius 1 is 1.25 bits per heavy atom. The Labute approximate surface area is 122 Å². The molecule has 110 valence electrons. The molecule has 0 radical (unpaired) electrons. The van der Waals surface area contributed by atoms with E-state index in [1.54, 1.807) is 0 Å². The highest BCUT2D eigenvalue weighted by molar-refractivity contribution is 5.94. The molecule has 3 heteroatoms. The van der Waals surface area contributed by atoms with Gasteiger partial charge in [-0.15, -0.1) is 0 Å². The third-order valence-corrected chi connectivity index (χ3v) is 4.47. The molecule has 2 N–H and O–H groups in total. The number of nitrogens with two attached hydrogens (primary N) is 1. The van der Waals surface area contributed by atoms with Gasteiger partial charge < -0.3 is 10.6 Å². The molecular weight excluding hydrogens is 248 g/mol. The first-order valence-corrected chi connectivity index (χ1v) is 7.75. The number of carbonyl (C=O) groups is 1. The minimum absolute atomic E-state index is 0.151. The van der Waals surface area contributed by atoms with Gasteiger partial charge in [0.25, 0.3) is 5.91 Å². The van der Waals surface area contributed by atoms with Gasteiger partial charge in [0.15, 0.2) is 0 Å². The molecule has 0 spiro atoms. The Hall–Kier alpha value is -1.35. The number of carbonyl (C=O) groups excluding carboxylic acids is 1. The summed E-state index contributed by atoms with van der Waals surface area (Å²) in [7, 11) is 0. The highest BCUT2D eigenvalue weighted by Gasteiger charge is 2.31. The van der Waals surface area contributed by atoms with Crippen molar-refractivity contribution in [1.82, 2.24) is 4.90 Å². The van der Waals surface area contributed by atoms with Crippen molar-refractivity contribution in [3.63, 3.8) is 0 Å². The lowest BCUT2D eigenvalue weighted by Crippen LogP contribution is -2.48.